The fourth-order valence-corrected chi connectivity index (χ4v) is 5.00. The van der Waals surface area contributed by atoms with Crippen LogP contribution >= 0.6 is 38.6 Å². The Bertz CT molecular complexity index is 735. The van der Waals surface area contributed by atoms with Crippen LogP contribution in [0.25, 0.3) is 0 Å². The summed E-state index contributed by atoms with van der Waals surface area (Å²) in [5, 5.41) is 0. The summed E-state index contributed by atoms with van der Waals surface area (Å²) in [6, 6.07) is 7.55. The predicted octanol–water partition coefficient (Wildman–Crippen LogP) is 3.32. The molecule has 5 nitrogen and oxygen atoms in total. The van der Waals surface area contributed by atoms with Gasteiger partial charge in [0.1, 0.15) is 4.88 Å². The van der Waals surface area contributed by atoms with Gasteiger partial charge in [-0.1, -0.05) is 0 Å². The Hall–Kier alpha value is -1.22. The first kappa shape index (κ1) is 17.6. The van der Waals surface area contributed by atoms with E-state index in [1.54, 1.807) is 23.5 Å². The summed E-state index contributed by atoms with van der Waals surface area (Å²) in [6.45, 7) is 4.05. The summed E-state index contributed by atoms with van der Waals surface area (Å²) in [5.74, 6) is -0.403. The number of methoxy groups -OCH3 is 1. The molecule has 0 bridgehead atoms. The molecular formula is C16H17BrN2O3S2. The minimum atomic E-state index is -0.397. The van der Waals surface area contributed by atoms with Crippen LogP contribution in [-0.2, 0) is 11.3 Å². The van der Waals surface area contributed by atoms with Crippen molar-refractivity contribution in [1.29, 1.82) is 0 Å². The minimum absolute atomic E-state index is 0.00586. The van der Waals surface area contributed by atoms with Gasteiger partial charge in [-0.15, -0.1) is 22.7 Å². The highest BCUT2D eigenvalue weighted by molar-refractivity contribution is 9.11. The van der Waals surface area contributed by atoms with Crippen LogP contribution in [0, 0.1) is 0 Å². The molecule has 0 N–H and O–H groups in total. The van der Waals surface area contributed by atoms with Gasteiger partial charge in [-0.25, -0.2) is 4.79 Å². The second-order valence-corrected chi connectivity index (χ2v) is 9.06. The Morgan fingerprint density at radius 2 is 1.79 bits per heavy atom. The first-order valence-electron chi connectivity index (χ1n) is 7.51. The number of ether oxygens (including phenoxy) is 1. The van der Waals surface area contributed by atoms with Gasteiger partial charge in [0.05, 0.1) is 15.8 Å². The molecule has 0 aromatic carbocycles. The molecule has 1 aliphatic rings. The second-order valence-electron chi connectivity index (χ2n) is 5.43. The molecule has 2 aromatic heterocycles. The third kappa shape index (κ3) is 4.05. The number of hydrogen-bond donors (Lipinski definition) is 0. The molecule has 1 fully saturated rings. The maximum absolute atomic E-state index is 12.6. The van der Waals surface area contributed by atoms with Crippen molar-refractivity contribution in [1.82, 2.24) is 9.80 Å². The van der Waals surface area contributed by atoms with Crippen LogP contribution < -0.4 is 0 Å². The van der Waals surface area contributed by atoms with E-state index in [2.05, 4.69) is 37.7 Å². The molecule has 0 unspecified atom stereocenters. The summed E-state index contributed by atoms with van der Waals surface area (Å²) in [6.07, 6.45) is 0. The summed E-state index contributed by atoms with van der Waals surface area (Å²) in [5.41, 5.74) is 0. The molecule has 1 saturated heterocycles. The number of esters is 1. The van der Waals surface area contributed by atoms with E-state index in [4.69, 9.17) is 0 Å². The molecule has 0 saturated carbocycles. The smallest absolute Gasteiger partial charge is 0.348 e. The van der Waals surface area contributed by atoms with Crippen molar-refractivity contribution in [3.8, 4) is 0 Å². The van der Waals surface area contributed by atoms with Crippen molar-refractivity contribution in [3.05, 3.63) is 42.7 Å². The van der Waals surface area contributed by atoms with Crippen molar-refractivity contribution in [2.24, 2.45) is 0 Å². The average molecular weight is 429 g/mol. The lowest BCUT2D eigenvalue weighted by Gasteiger charge is -2.34. The van der Waals surface area contributed by atoms with Crippen LogP contribution in [-0.4, -0.2) is 55.0 Å². The van der Waals surface area contributed by atoms with Crippen LogP contribution in [0.15, 0.2) is 28.1 Å². The number of carbonyl (C=O) groups is 2. The fourth-order valence-electron chi connectivity index (χ4n) is 2.59. The lowest BCUT2D eigenvalue weighted by molar-refractivity contribution is 0.0605. The lowest BCUT2D eigenvalue weighted by atomic mass is 10.2. The van der Waals surface area contributed by atoms with Crippen molar-refractivity contribution < 1.29 is 14.3 Å². The molecule has 8 heteroatoms. The van der Waals surface area contributed by atoms with Gasteiger partial charge in [-0.3, -0.25) is 9.69 Å². The van der Waals surface area contributed by atoms with E-state index in [0.29, 0.717) is 22.8 Å². The average Bonchev–Trinajstić information content (AvgIpc) is 3.23. The largest absolute Gasteiger partial charge is 0.465 e. The van der Waals surface area contributed by atoms with E-state index in [9.17, 15) is 9.59 Å². The van der Waals surface area contributed by atoms with Gasteiger partial charge in [-0.2, -0.15) is 0 Å². The number of thiophene rings is 2. The van der Waals surface area contributed by atoms with Crippen molar-refractivity contribution >= 4 is 50.5 Å². The SMILES string of the molecule is COC(=O)c1ccc(C(=O)N2CCN(Cc3ccc(Br)s3)CC2)s1. The van der Waals surface area contributed by atoms with Crippen molar-refractivity contribution in [2.45, 2.75) is 6.54 Å². The Balaban J connectivity index is 1.55. The van der Waals surface area contributed by atoms with E-state index < -0.39 is 5.97 Å². The molecule has 1 aliphatic heterocycles. The zero-order chi connectivity index (χ0) is 17.1. The molecule has 0 aliphatic carbocycles. The first-order chi connectivity index (χ1) is 11.6. The topological polar surface area (TPSA) is 49.9 Å². The number of piperazine rings is 1. The van der Waals surface area contributed by atoms with Gasteiger partial charge in [0.15, 0.2) is 0 Å². The summed E-state index contributed by atoms with van der Waals surface area (Å²) >= 11 is 6.42. The Labute approximate surface area is 157 Å². The highest BCUT2D eigenvalue weighted by atomic mass is 79.9. The van der Waals surface area contributed by atoms with Crippen LogP contribution in [0.4, 0.5) is 0 Å². The second kappa shape index (κ2) is 7.77. The molecule has 128 valence electrons. The minimum Gasteiger partial charge on any atom is -0.465 e. The first-order valence-corrected chi connectivity index (χ1v) is 9.93. The fraction of sp³-hybridized carbons (Fsp3) is 0.375. The third-order valence-electron chi connectivity index (χ3n) is 3.87. The number of nitrogens with zero attached hydrogens (tertiary/aromatic N) is 2. The monoisotopic (exact) mass is 428 g/mol. The van der Waals surface area contributed by atoms with Crippen LogP contribution in [0.2, 0.25) is 0 Å². The molecule has 3 heterocycles. The van der Waals surface area contributed by atoms with E-state index in [1.165, 1.54) is 23.3 Å². The number of rotatable bonds is 4. The zero-order valence-electron chi connectivity index (χ0n) is 13.2. The van der Waals surface area contributed by atoms with Crippen LogP contribution in [0.1, 0.15) is 24.2 Å². The van der Waals surface area contributed by atoms with Gasteiger partial charge >= 0.3 is 5.97 Å². The number of halogens is 1. The normalized spacial score (nSPS) is 15.5. The Kier molecular flexibility index (Phi) is 5.70. The van der Waals surface area contributed by atoms with Gasteiger partial charge in [0, 0.05) is 37.6 Å². The number of carbonyl (C=O) groups excluding carboxylic acids is 2. The van der Waals surface area contributed by atoms with E-state index in [1.807, 2.05) is 4.90 Å². The molecule has 0 radical (unpaired) electrons. The molecule has 24 heavy (non-hydrogen) atoms. The highest BCUT2D eigenvalue weighted by Crippen LogP contribution is 2.24. The summed E-state index contributed by atoms with van der Waals surface area (Å²) in [4.78, 5) is 30.6. The maximum Gasteiger partial charge on any atom is 0.348 e. The Morgan fingerprint density at radius 3 is 2.42 bits per heavy atom. The standard InChI is InChI=1S/C16H17BrN2O3S2/c1-22-16(21)13-4-3-12(24-13)15(20)19-8-6-18(7-9-19)10-11-2-5-14(17)23-11/h2-5H,6-10H2,1H3. The molecule has 0 spiro atoms. The van der Waals surface area contributed by atoms with Gasteiger partial charge in [0.25, 0.3) is 5.91 Å². The van der Waals surface area contributed by atoms with E-state index in [-0.39, 0.29) is 5.91 Å². The zero-order valence-corrected chi connectivity index (χ0v) is 16.4. The van der Waals surface area contributed by atoms with E-state index >= 15 is 0 Å². The van der Waals surface area contributed by atoms with Gasteiger partial charge in [-0.05, 0) is 40.2 Å². The van der Waals surface area contributed by atoms with Crippen LogP contribution in [0.3, 0.4) is 0 Å². The molecule has 0 atom stereocenters. The van der Waals surface area contributed by atoms with Gasteiger partial charge in [0.2, 0.25) is 0 Å². The van der Waals surface area contributed by atoms with Gasteiger partial charge < -0.3 is 9.64 Å². The number of amides is 1. The molecule has 1 amide bonds. The van der Waals surface area contributed by atoms with Crippen LogP contribution in [0.5, 0.6) is 0 Å². The lowest BCUT2D eigenvalue weighted by Crippen LogP contribution is -2.48. The van der Waals surface area contributed by atoms with E-state index in [0.717, 1.165) is 23.4 Å². The third-order valence-corrected chi connectivity index (χ3v) is 6.53. The Morgan fingerprint density at radius 1 is 1.08 bits per heavy atom. The summed E-state index contributed by atoms with van der Waals surface area (Å²) < 4.78 is 5.83. The molecular weight excluding hydrogens is 412 g/mol. The molecule has 3 rings (SSSR count). The summed E-state index contributed by atoms with van der Waals surface area (Å²) in [7, 11) is 1.34. The highest BCUT2D eigenvalue weighted by Gasteiger charge is 2.24. The van der Waals surface area contributed by atoms with Crippen molar-refractivity contribution in [3.63, 3.8) is 0 Å². The number of hydrogen-bond acceptors (Lipinski definition) is 6. The maximum atomic E-state index is 12.6. The van der Waals surface area contributed by atoms with Crippen molar-refractivity contribution in [2.75, 3.05) is 33.3 Å². The quantitative estimate of drug-likeness (QED) is 0.700. The predicted molar refractivity (Wildman–Crippen MR) is 98.9 cm³/mol. The molecule has 2 aromatic rings.